The van der Waals surface area contributed by atoms with Gasteiger partial charge in [-0.1, -0.05) is 19.8 Å². The van der Waals surface area contributed by atoms with Gasteiger partial charge in [0.2, 0.25) is 0 Å². The Labute approximate surface area is 73.0 Å². The van der Waals surface area contributed by atoms with Crippen LogP contribution in [0.1, 0.15) is 32.6 Å². The molecule has 5 N–H and O–H groups in total. The molecule has 4 heteroatoms. The normalized spacial score (nSPS) is 18.8. The topological polar surface area (TPSA) is 86.7 Å². The number of rotatable bonds is 6. The van der Waals surface area contributed by atoms with E-state index in [0.29, 0.717) is 6.42 Å². The standard InChI is InChI=1S/C8H19NO3/c1-2-3-4-5-8(9,12)7(11)6-10/h7,10-12H,2-6,9H2,1H3. The fraction of sp³-hybridized carbons (Fsp3) is 1.00. The number of hydrogen-bond donors (Lipinski definition) is 4. The van der Waals surface area contributed by atoms with Gasteiger partial charge in [-0.05, 0) is 12.8 Å². The molecule has 0 aliphatic heterocycles. The van der Waals surface area contributed by atoms with Gasteiger partial charge in [-0.3, -0.25) is 0 Å². The molecule has 0 fully saturated rings. The molecule has 0 spiro atoms. The fourth-order valence-corrected chi connectivity index (χ4v) is 0.983. The molecule has 2 atom stereocenters. The summed E-state index contributed by atoms with van der Waals surface area (Å²) in [6, 6.07) is 0. The smallest absolute Gasteiger partial charge is 0.141 e. The summed E-state index contributed by atoms with van der Waals surface area (Å²) in [6.45, 7) is 1.54. The van der Waals surface area contributed by atoms with Gasteiger partial charge in [0.15, 0.2) is 0 Å². The summed E-state index contributed by atoms with van der Waals surface area (Å²) in [5.74, 6) is 0. The summed E-state index contributed by atoms with van der Waals surface area (Å²) in [5.41, 5.74) is 3.72. The van der Waals surface area contributed by atoms with E-state index in [-0.39, 0.29) is 0 Å². The largest absolute Gasteiger partial charge is 0.394 e. The third-order valence-corrected chi connectivity index (χ3v) is 1.93. The highest BCUT2D eigenvalue weighted by atomic mass is 16.4. The molecule has 0 aliphatic rings. The molecule has 12 heavy (non-hydrogen) atoms. The summed E-state index contributed by atoms with van der Waals surface area (Å²) in [6.07, 6.45) is 1.85. The van der Waals surface area contributed by atoms with Crippen molar-refractivity contribution in [3.8, 4) is 0 Å². The average Bonchev–Trinajstić information content (AvgIpc) is 2.03. The van der Waals surface area contributed by atoms with E-state index in [1.54, 1.807) is 0 Å². The quantitative estimate of drug-likeness (QED) is 0.327. The molecule has 0 aliphatic carbocycles. The summed E-state index contributed by atoms with van der Waals surface area (Å²) in [4.78, 5) is 0. The van der Waals surface area contributed by atoms with Crippen molar-refractivity contribution < 1.29 is 15.3 Å². The van der Waals surface area contributed by atoms with Crippen molar-refractivity contribution in [3.05, 3.63) is 0 Å². The monoisotopic (exact) mass is 177 g/mol. The Hall–Kier alpha value is -0.160. The van der Waals surface area contributed by atoms with Crippen LogP contribution in [0.3, 0.4) is 0 Å². The Kier molecular flexibility index (Phi) is 5.41. The second kappa shape index (κ2) is 5.48. The molecule has 0 aromatic heterocycles. The van der Waals surface area contributed by atoms with Crippen molar-refractivity contribution >= 4 is 0 Å². The van der Waals surface area contributed by atoms with E-state index in [9.17, 15) is 5.11 Å². The van der Waals surface area contributed by atoms with E-state index in [0.717, 1.165) is 19.3 Å². The van der Waals surface area contributed by atoms with E-state index in [2.05, 4.69) is 0 Å². The molecule has 0 rings (SSSR count). The zero-order valence-electron chi connectivity index (χ0n) is 7.53. The molecule has 74 valence electrons. The van der Waals surface area contributed by atoms with Crippen molar-refractivity contribution in [3.63, 3.8) is 0 Å². The average molecular weight is 177 g/mol. The van der Waals surface area contributed by atoms with Gasteiger partial charge in [0.25, 0.3) is 0 Å². The summed E-state index contributed by atoms with van der Waals surface area (Å²) in [7, 11) is 0. The SMILES string of the molecule is CCCCCC(N)(O)C(O)CO. The van der Waals surface area contributed by atoms with Crippen LogP contribution in [-0.4, -0.2) is 33.8 Å². The highest BCUT2D eigenvalue weighted by molar-refractivity contribution is 4.79. The Morgan fingerprint density at radius 1 is 1.42 bits per heavy atom. The minimum absolute atomic E-state index is 0.322. The highest BCUT2D eigenvalue weighted by Gasteiger charge is 2.29. The molecular formula is C8H19NO3. The summed E-state index contributed by atoms with van der Waals surface area (Å²) in [5, 5.41) is 27.0. The third-order valence-electron chi connectivity index (χ3n) is 1.93. The molecule has 4 nitrogen and oxygen atoms in total. The van der Waals surface area contributed by atoms with Crippen LogP contribution in [0.5, 0.6) is 0 Å². The van der Waals surface area contributed by atoms with Gasteiger partial charge >= 0.3 is 0 Å². The molecule has 0 amide bonds. The van der Waals surface area contributed by atoms with Crippen LogP contribution in [0.25, 0.3) is 0 Å². The Bertz CT molecular complexity index is 117. The molecular weight excluding hydrogens is 158 g/mol. The van der Waals surface area contributed by atoms with Crippen molar-refractivity contribution in [1.82, 2.24) is 0 Å². The first kappa shape index (κ1) is 11.8. The number of nitrogens with two attached hydrogens (primary N) is 1. The minimum Gasteiger partial charge on any atom is -0.394 e. The Balaban J connectivity index is 3.70. The van der Waals surface area contributed by atoms with E-state index in [1.807, 2.05) is 6.92 Å². The highest BCUT2D eigenvalue weighted by Crippen LogP contribution is 2.13. The van der Waals surface area contributed by atoms with Crippen molar-refractivity contribution in [2.24, 2.45) is 5.73 Å². The first-order valence-corrected chi connectivity index (χ1v) is 4.34. The second-order valence-corrected chi connectivity index (χ2v) is 3.15. The number of aliphatic hydroxyl groups excluding tert-OH is 2. The molecule has 0 bridgehead atoms. The van der Waals surface area contributed by atoms with Gasteiger partial charge in [-0.15, -0.1) is 0 Å². The lowest BCUT2D eigenvalue weighted by Gasteiger charge is -2.27. The minimum atomic E-state index is -1.64. The lowest BCUT2D eigenvalue weighted by atomic mass is 10.0. The van der Waals surface area contributed by atoms with Crippen LogP contribution in [0.2, 0.25) is 0 Å². The first-order valence-electron chi connectivity index (χ1n) is 4.34. The molecule has 0 saturated heterocycles. The second-order valence-electron chi connectivity index (χ2n) is 3.15. The van der Waals surface area contributed by atoms with Gasteiger partial charge < -0.3 is 21.1 Å². The summed E-state index contributed by atoms with van der Waals surface area (Å²) >= 11 is 0. The first-order chi connectivity index (χ1) is 5.54. The van der Waals surface area contributed by atoms with Gasteiger partial charge in [-0.2, -0.15) is 0 Å². The van der Waals surface area contributed by atoms with Crippen molar-refractivity contribution in [2.45, 2.75) is 44.4 Å². The molecule has 0 radical (unpaired) electrons. The molecule has 0 saturated carbocycles. The zero-order valence-corrected chi connectivity index (χ0v) is 7.53. The predicted molar refractivity (Wildman–Crippen MR) is 46.4 cm³/mol. The van der Waals surface area contributed by atoms with E-state index in [1.165, 1.54) is 0 Å². The molecule has 0 aromatic carbocycles. The van der Waals surface area contributed by atoms with Gasteiger partial charge in [0.05, 0.1) is 6.61 Å². The molecule has 2 unspecified atom stereocenters. The molecule has 0 heterocycles. The lowest BCUT2D eigenvalue weighted by Crippen LogP contribution is -2.52. The molecule has 0 aromatic rings. The fourth-order valence-electron chi connectivity index (χ4n) is 0.983. The number of aliphatic hydroxyl groups is 3. The van der Waals surface area contributed by atoms with Crippen molar-refractivity contribution in [1.29, 1.82) is 0 Å². The number of hydrogen-bond acceptors (Lipinski definition) is 4. The van der Waals surface area contributed by atoms with E-state index >= 15 is 0 Å². The van der Waals surface area contributed by atoms with Gasteiger partial charge in [0.1, 0.15) is 11.8 Å². The van der Waals surface area contributed by atoms with Gasteiger partial charge in [0, 0.05) is 0 Å². The van der Waals surface area contributed by atoms with Gasteiger partial charge in [-0.25, -0.2) is 0 Å². The van der Waals surface area contributed by atoms with Crippen LogP contribution < -0.4 is 5.73 Å². The Morgan fingerprint density at radius 3 is 2.42 bits per heavy atom. The van der Waals surface area contributed by atoms with Crippen LogP contribution in [0, 0.1) is 0 Å². The Morgan fingerprint density at radius 2 is 2.00 bits per heavy atom. The van der Waals surface area contributed by atoms with Crippen LogP contribution in [-0.2, 0) is 0 Å². The van der Waals surface area contributed by atoms with E-state index in [4.69, 9.17) is 15.9 Å². The maximum absolute atomic E-state index is 9.38. The summed E-state index contributed by atoms with van der Waals surface area (Å²) < 4.78 is 0. The van der Waals surface area contributed by atoms with Crippen molar-refractivity contribution in [2.75, 3.05) is 6.61 Å². The van der Waals surface area contributed by atoms with Crippen LogP contribution in [0.15, 0.2) is 0 Å². The van der Waals surface area contributed by atoms with Crippen LogP contribution in [0.4, 0.5) is 0 Å². The van der Waals surface area contributed by atoms with E-state index < -0.39 is 18.4 Å². The number of unbranched alkanes of at least 4 members (excludes halogenated alkanes) is 2. The maximum Gasteiger partial charge on any atom is 0.141 e. The van der Waals surface area contributed by atoms with Crippen LogP contribution >= 0.6 is 0 Å². The predicted octanol–water partition coefficient (Wildman–Crippen LogP) is -0.433. The zero-order chi connectivity index (χ0) is 9.61. The lowest BCUT2D eigenvalue weighted by molar-refractivity contribution is -0.0964. The third kappa shape index (κ3) is 4.01. The maximum atomic E-state index is 9.38.